The van der Waals surface area contributed by atoms with Crippen LogP contribution in [0.5, 0.6) is 5.75 Å². The normalized spacial score (nSPS) is 17.2. The lowest BCUT2D eigenvalue weighted by atomic mass is 10.1. The van der Waals surface area contributed by atoms with E-state index >= 15 is 0 Å². The molecule has 200 valence electrons. The van der Waals surface area contributed by atoms with E-state index in [4.69, 9.17) is 9.47 Å². The minimum Gasteiger partial charge on any atom is -0.494 e. The summed E-state index contributed by atoms with van der Waals surface area (Å²) in [5, 5.41) is 2.77. The van der Waals surface area contributed by atoms with Crippen molar-refractivity contribution in [2.45, 2.75) is 70.7 Å². The van der Waals surface area contributed by atoms with Gasteiger partial charge in [0.1, 0.15) is 12.3 Å². The van der Waals surface area contributed by atoms with Crippen molar-refractivity contribution in [3.8, 4) is 5.75 Å². The summed E-state index contributed by atoms with van der Waals surface area (Å²) in [7, 11) is 0. The number of benzene rings is 2. The summed E-state index contributed by atoms with van der Waals surface area (Å²) in [5.74, 6) is 0.916. The number of ether oxygens (including phenoxy) is 2. The molecule has 2 aromatic carbocycles. The molecule has 1 saturated carbocycles. The lowest BCUT2D eigenvalue weighted by molar-refractivity contribution is -0.144. The molecule has 1 aliphatic carbocycles. The van der Waals surface area contributed by atoms with Gasteiger partial charge in [0.05, 0.1) is 17.9 Å². The molecule has 1 atom stereocenters. The summed E-state index contributed by atoms with van der Waals surface area (Å²) in [4.78, 5) is 45.7. The molecule has 38 heavy (non-hydrogen) atoms. The first-order valence-electron chi connectivity index (χ1n) is 13.4. The van der Waals surface area contributed by atoms with Gasteiger partial charge in [-0.3, -0.25) is 14.9 Å². The molecule has 5 rings (SSSR count). The fraction of sp³-hybridized carbons (Fsp3) is 0.448. The van der Waals surface area contributed by atoms with Crippen LogP contribution in [-0.4, -0.2) is 59.0 Å². The summed E-state index contributed by atoms with van der Waals surface area (Å²) < 4.78 is 11.7. The van der Waals surface area contributed by atoms with Crippen LogP contribution >= 0.6 is 0 Å². The van der Waals surface area contributed by atoms with Gasteiger partial charge in [-0.1, -0.05) is 31.0 Å². The SMILES string of the molecule is CC(OC(=O)c1ccccc1)N(C(=O)CCCCOc1ccc2c(c1)CN1CC(=O)NC1=N2)C1CCCC1. The van der Waals surface area contributed by atoms with Crippen molar-refractivity contribution in [3.05, 3.63) is 59.7 Å². The van der Waals surface area contributed by atoms with Gasteiger partial charge in [0.2, 0.25) is 17.8 Å². The van der Waals surface area contributed by atoms with Crippen LogP contribution < -0.4 is 10.1 Å². The molecule has 2 amide bonds. The number of fused-ring (bicyclic) bond motifs is 2. The Balaban J connectivity index is 1.10. The predicted molar refractivity (Wildman–Crippen MR) is 142 cm³/mol. The van der Waals surface area contributed by atoms with Gasteiger partial charge in [-0.2, -0.15) is 0 Å². The molecule has 2 fully saturated rings. The third-order valence-electron chi connectivity index (χ3n) is 7.26. The van der Waals surface area contributed by atoms with Crippen LogP contribution in [0.4, 0.5) is 5.69 Å². The van der Waals surface area contributed by atoms with Gasteiger partial charge >= 0.3 is 5.97 Å². The van der Waals surface area contributed by atoms with Gasteiger partial charge < -0.3 is 19.3 Å². The number of amides is 2. The lowest BCUT2D eigenvalue weighted by Crippen LogP contribution is -2.46. The molecular formula is C29H34N4O5. The Kier molecular flexibility index (Phi) is 7.91. The summed E-state index contributed by atoms with van der Waals surface area (Å²) in [6, 6.07) is 14.7. The Morgan fingerprint density at radius 1 is 1.11 bits per heavy atom. The highest BCUT2D eigenvalue weighted by Gasteiger charge is 2.32. The second-order valence-electron chi connectivity index (χ2n) is 10.0. The number of esters is 1. The Morgan fingerprint density at radius 2 is 1.89 bits per heavy atom. The first kappa shape index (κ1) is 25.8. The van der Waals surface area contributed by atoms with Crippen LogP contribution in [0.15, 0.2) is 53.5 Å². The van der Waals surface area contributed by atoms with E-state index in [2.05, 4.69) is 10.3 Å². The van der Waals surface area contributed by atoms with E-state index in [1.807, 2.05) is 29.2 Å². The quantitative estimate of drug-likeness (QED) is 0.288. The van der Waals surface area contributed by atoms with Gasteiger partial charge in [0.25, 0.3) is 0 Å². The Bertz CT molecular complexity index is 1210. The second kappa shape index (κ2) is 11.7. The third kappa shape index (κ3) is 5.98. The zero-order valence-corrected chi connectivity index (χ0v) is 21.7. The third-order valence-corrected chi connectivity index (χ3v) is 7.26. The molecular weight excluding hydrogens is 484 g/mol. The number of rotatable bonds is 10. The highest BCUT2D eigenvalue weighted by atomic mass is 16.6. The molecule has 9 nitrogen and oxygen atoms in total. The maximum absolute atomic E-state index is 13.2. The van der Waals surface area contributed by atoms with Crippen LogP contribution in [0.25, 0.3) is 0 Å². The van der Waals surface area contributed by atoms with Crippen LogP contribution in [0.1, 0.15) is 67.8 Å². The first-order chi connectivity index (χ1) is 18.5. The van der Waals surface area contributed by atoms with Gasteiger partial charge in [-0.05, 0) is 62.9 Å². The number of unbranched alkanes of at least 4 members (excludes halogenated alkanes) is 1. The van der Waals surface area contributed by atoms with E-state index in [0.717, 1.165) is 49.1 Å². The number of nitrogens with one attached hydrogen (secondary N) is 1. The molecule has 0 spiro atoms. The Labute approximate surface area is 222 Å². The number of carbonyl (C=O) groups is 3. The molecule has 0 bridgehead atoms. The molecule has 9 heteroatoms. The van der Waals surface area contributed by atoms with Crippen molar-refractivity contribution >= 4 is 29.4 Å². The van der Waals surface area contributed by atoms with Crippen LogP contribution in [0, 0.1) is 0 Å². The zero-order chi connectivity index (χ0) is 26.5. The Morgan fingerprint density at radius 3 is 2.68 bits per heavy atom. The average molecular weight is 519 g/mol. The molecule has 0 radical (unpaired) electrons. The summed E-state index contributed by atoms with van der Waals surface area (Å²) in [6.07, 6.45) is 5.22. The largest absolute Gasteiger partial charge is 0.494 e. The fourth-order valence-electron chi connectivity index (χ4n) is 5.37. The van der Waals surface area contributed by atoms with E-state index in [-0.39, 0.29) is 17.9 Å². The number of aliphatic imine (C=N–C) groups is 1. The van der Waals surface area contributed by atoms with E-state index < -0.39 is 12.2 Å². The van der Waals surface area contributed by atoms with E-state index in [9.17, 15) is 14.4 Å². The number of hydrogen-bond acceptors (Lipinski definition) is 7. The summed E-state index contributed by atoms with van der Waals surface area (Å²) in [6.45, 7) is 3.21. The van der Waals surface area contributed by atoms with Gasteiger partial charge in [0, 0.05) is 24.6 Å². The second-order valence-corrected chi connectivity index (χ2v) is 10.0. The molecule has 2 aliphatic heterocycles. The van der Waals surface area contributed by atoms with E-state index in [1.54, 1.807) is 36.1 Å². The molecule has 1 saturated heterocycles. The minimum absolute atomic E-state index is 0.0153. The number of carbonyl (C=O) groups excluding carboxylic acids is 3. The van der Waals surface area contributed by atoms with Crippen molar-refractivity contribution in [1.29, 1.82) is 0 Å². The van der Waals surface area contributed by atoms with Gasteiger partial charge in [-0.15, -0.1) is 0 Å². The molecule has 0 aromatic heterocycles. The van der Waals surface area contributed by atoms with Crippen molar-refractivity contribution in [2.24, 2.45) is 4.99 Å². The summed E-state index contributed by atoms with van der Waals surface area (Å²) in [5.41, 5.74) is 2.34. The van der Waals surface area contributed by atoms with Gasteiger partial charge in [-0.25, -0.2) is 9.79 Å². The number of hydrogen-bond donors (Lipinski definition) is 1. The number of nitrogens with zero attached hydrogens (tertiary/aromatic N) is 3. The maximum Gasteiger partial charge on any atom is 0.340 e. The lowest BCUT2D eigenvalue weighted by Gasteiger charge is -2.34. The highest BCUT2D eigenvalue weighted by Crippen LogP contribution is 2.31. The van der Waals surface area contributed by atoms with Gasteiger partial charge in [0.15, 0.2) is 6.23 Å². The predicted octanol–water partition coefficient (Wildman–Crippen LogP) is 4.14. The zero-order valence-electron chi connectivity index (χ0n) is 21.7. The van der Waals surface area contributed by atoms with Crippen molar-refractivity contribution in [2.75, 3.05) is 13.2 Å². The standard InChI is InChI=1S/C29H34N4O5/c1-20(38-28(36)21-9-3-2-4-10-21)33(23-11-5-6-12-23)27(35)13-7-8-16-37-24-14-15-25-22(17-24)18-32-19-26(34)31-29(32)30-25/h2-4,9-10,14-15,17,20,23H,5-8,11-13,16,18-19H2,1H3,(H,30,31,34). The van der Waals surface area contributed by atoms with E-state index in [0.29, 0.717) is 44.1 Å². The minimum atomic E-state index is -0.616. The smallest absolute Gasteiger partial charge is 0.340 e. The molecule has 2 aromatic rings. The van der Waals surface area contributed by atoms with Crippen LogP contribution in [0.3, 0.4) is 0 Å². The van der Waals surface area contributed by atoms with E-state index in [1.165, 1.54) is 0 Å². The maximum atomic E-state index is 13.2. The fourth-order valence-corrected chi connectivity index (χ4v) is 5.37. The number of guanidine groups is 1. The van der Waals surface area contributed by atoms with Crippen LogP contribution in [0.2, 0.25) is 0 Å². The first-order valence-corrected chi connectivity index (χ1v) is 13.4. The Hall–Kier alpha value is -3.88. The topological polar surface area (TPSA) is 101 Å². The molecule has 1 unspecified atom stereocenters. The molecule has 1 N–H and O–H groups in total. The monoisotopic (exact) mass is 518 g/mol. The summed E-state index contributed by atoms with van der Waals surface area (Å²) >= 11 is 0. The molecule has 3 aliphatic rings. The van der Waals surface area contributed by atoms with Crippen molar-refractivity contribution < 1.29 is 23.9 Å². The van der Waals surface area contributed by atoms with Crippen molar-refractivity contribution in [1.82, 2.24) is 15.1 Å². The highest BCUT2D eigenvalue weighted by molar-refractivity contribution is 6.05. The molecule has 2 heterocycles. The average Bonchev–Trinajstić information content (AvgIpc) is 3.56. The van der Waals surface area contributed by atoms with Crippen molar-refractivity contribution in [3.63, 3.8) is 0 Å². The van der Waals surface area contributed by atoms with Crippen LogP contribution in [-0.2, 0) is 20.9 Å².